The summed E-state index contributed by atoms with van der Waals surface area (Å²) in [6, 6.07) is 14.6. The van der Waals surface area contributed by atoms with Crippen LogP contribution in [0.1, 0.15) is 17.3 Å². The first-order chi connectivity index (χ1) is 17.4. The summed E-state index contributed by atoms with van der Waals surface area (Å²) in [6.07, 6.45) is 1.45. The number of nitrogens with one attached hydrogen (secondary N) is 1. The number of carbonyl (C=O) groups is 1. The highest BCUT2D eigenvalue weighted by molar-refractivity contribution is 7.89. The van der Waals surface area contributed by atoms with Crippen LogP contribution in [-0.2, 0) is 21.3 Å². The van der Waals surface area contributed by atoms with Crippen molar-refractivity contribution in [3.05, 3.63) is 76.8 Å². The normalized spacial score (nSPS) is 14.4. The second kappa shape index (κ2) is 11.5. The smallest absolute Gasteiger partial charge is 0.253 e. The lowest BCUT2D eigenvalue weighted by Gasteiger charge is -2.26. The third-order valence-corrected chi connectivity index (χ3v) is 7.62. The monoisotopic (exact) mass is 512 g/mol. The molecule has 1 aliphatic rings. The third-order valence-electron chi connectivity index (χ3n) is 5.70. The first kappa shape index (κ1) is 25.5. The van der Waals surface area contributed by atoms with Crippen LogP contribution in [0.25, 0.3) is 11.3 Å². The topological polar surface area (TPSA) is 120 Å². The van der Waals surface area contributed by atoms with Crippen LogP contribution in [0.5, 0.6) is 5.75 Å². The second-order valence-corrected chi connectivity index (χ2v) is 10.00. The van der Waals surface area contributed by atoms with Crippen molar-refractivity contribution in [1.82, 2.24) is 19.2 Å². The van der Waals surface area contributed by atoms with E-state index in [1.807, 2.05) is 31.2 Å². The molecular weight excluding hydrogens is 484 g/mol. The summed E-state index contributed by atoms with van der Waals surface area (Å²) in [4.78, 5) is 29.5. The van der Waals surface area contributed by atoms with Gasteiger partial charge in [0.15, 0.2) is 0 Å². The van der Waals surface area contributed by atoms with Gasteiger partial charge < -0.3 is 14.8 Å². The molecule has 11 heteroatoms. The summed E-state index contributed by atoms with van der Waals surface area (Å²) in [5.74, 6) is 0.385. The van der Waals surface area contributed by atoms with Crippen molar-refractivity contribution in [1.29, 1.82) is 0 Å². The first-order valence-corrected chi connectivity index (χ1v) is 13.1. The number of amides is 1. The molecule has 1 N–H and O–H groups in total. The molecule has 0 bridgehead atoms. The van der Waals surface area contributed by atoms with Gasteiger partial charge in [-0.2, -0.15) is 4.31 Å². The lowest BCUT2D eigenvalue weighted by atomic mass is 10.1. The molecule has 36 heavy (non-hydrogen) atoms. The number of carbonyl (C=O) groups excluding carboxylic acids is 1. The Kier molecular flexibility index (Phi) is 8.14. The Morgan fingerprint density at radius 3 is 2.42 bits per heavy atom. The Bertz CT molecular complexity index is 1350. The Labute approximate surface area is 209 Å². The van der Waals surface area contributed by atoms with Gasteiger partial charge in [0.05, 0.1) is 36.7 Å². The van der Waals surface area contributed by atoms with Crippen LogP contribution in [0.2, 0.25) is 0 Å². The molecule has 190 valence electrons. The molecule has 0 saturated carbocycles. The SMILES string of the molecule is CCOc1ccc(-c2cc(=O)n(CCNC(=O)c3ccc(S(=O)(=O)N4CCOCC4)cc3)cn2)cc1. The maximum atomic E-state index is 12.7. The predicted molar refractivity (Wildman–Crippen MR) is 133 cm³/mol. The minimum atomic E-state index is -3.62. The van der Waals surface area contributed by atoms with Crippen LogP contribution < -0.4 is 15.6 Å². The minimum Gasteiger partial charge on any atom is -0.494 e. The second-order valence-electron chi connectivity index (χ2n) is 8.06. The molecule has 0 radical (unpaired) electrons. The summed E-state index contributed by atoms with van der Waals surface area (Å²) >= 11 is 0. The molecule has 2 heterocycles. The predicted octanol–water partition coefficient (Wildman–Crippen LogP) is 1.76. The zero-order valence-corrected chi connectivity index (χ0v) is 20.7. The fourth-order valence-corrected chi connectivity index (χ4v) is 5.15. The highest BCUT2D eigenvalue weighted by atomic mass is 32.2. The number of nitrogens with zero attached hydrogens (tertiary/aromatic N) is 3. The van der Waals surface area contributed by atoms with E-state index in [1.54, 1.807) is 0 Å². The van der Waals surface area contributed by atoms with Crippen LogP contribution in [0.15, 0.2) is 70.6 Å². The van der Waals surface area contributed by atoms with E-state index in [0.717, 1.165) is 11.3 Å². The van der Waals surface area contributed by atoms with E-state index in [4.69, 9.17) is 9.47 Å². The molecule has 1 aliphatic heterocycles. The number of benzene rings is 2. The van der Waals surface area contributed by atoms with Crippen molar-refractivity contribution in [3.63, 3.8) is 0 Å². The van der Waals surface area contributed by atoms with Gasteiger partial charge in [0.1, 0.15) is 5.75 Å². The first-order valence-electron chi connectivity index (χ1n) is 11.6. The van der Waals surface area contributed by atoms with Gasteiger partial charge in [-0.05, 0) is 55.5 Å². The van der Waals surface area contributed by atoms with Gasteiger partial charge in [-0.15, -0.1) is 0 Å². The lowest BCUT2D eigenvalue weighted by molar-refractivity contribution is 0.0730. The number of ether oxygens (including phenoxy) is 2. The molecule has 0 atom stereocenters. The molecule has 0 aliphatic carbocycles. The van der Waals surface area contributed by atoms with Gasteiger partial charge in [0.2, 0.25) is 10.0 Å². The molecule has 0 unspecified atom stereocenters. The molecule has 1 amide bonds. The molecule has 1 saturated heterocycles. The number of hydrogen-bond donors (Lipinski definition) is 1. The lowest BCUT2D eigenvalue weighted by Crippen LogP contribution is -2.40. The number of hydrogen-bond acceptors (Lipinski definition) is 7. The standard InChI is InChI=1S/C25H28N4O6S/c1-2-35-21-7-3-19(4-8-21)23-17-24(30)28(18-27-23)12-11-26-25(31)20-5-9-22(10-6-20)36(32,33)29-13-15-34-16-14-29/h3-10,17-18H,2,11-16H2,1H3,(H,26,31). The van der Waals surface area contributed by atoms with E-state index in [1.165, 1.54) is 45.5 Å². The summed E-state index contributed by atoms with van der Waals surface area (Å²) in [5.41, 5.74) is 1.44. The van der Waals surface area contributed by atoms with Gasteiger partial charge in [-0.25, -0.2) is 13.4 Å². The largest absolute Gasteiger partial charge is 0.494 e. The fourth-order valence-electron chi connectivity index (χ4n) is 3.75. The van der Waals surface area contributed by atoms with Crippen molar-refractivity contribution in [2.24, 2.45) is 0 Å². The van der Waals surface area contributed by atoms with Crippen molar-refractivity contribution < 1.29 is 22.7 Å². The van der Waals surface area contributed by atoms with Crippen LogP contribution in [0.3, 0.4) is 0 Å². The van der Waals surface area contributed by atoms with Gasteiger partial charge in [-0.1, -0.05) is 0 Å². The van der Waals surface area contributed by atoms with Crippen LogP contribution in [0, 0.1) is 0 Å². The summed E-state index contributed by atoms with van der Waals surface area (Å²) in [7, 11) is -3.62. The van der Waals surface area contributed by atoms with E-state index < -0.39 is 10.0 Å². The van der Waals surface area contributed by atoms with Gasteiger partial charge in [-0.3, -0.25) is 14.2 Å². The Hall–Kier alpha value is -3.54. The molecule has 1 aromatic heterocycles. The van der Waals surface area contributed by atoms with Crippen molar-refractivity contribution in [3.8, 4) is 17.0 Å². The third kappa shape index (κ3) is 5.99. The van der Waals surface area contributed by atoms with Crippen molar-refractivity contribution >= 4 is 15.9 Å². The minimum absolute atomic E-state index is 0.131. The molecule has 4 rings (SSSR count). The van der Waals surface area contributed by atoms with E-state index in [2.05, 4.69) is 10.3 Å². The summed E-state index contributed by atoms with van der Waals surface area (Å²) in [6.45, 7) is 4.27. The average Bonchev–Trinajstić information content (AvgIpc) is 2.91. The van der Waals surface area contributed by atoms with Crippen molar-refractivity contribution in [2.75, 3.05) is 39.5 Å². The number of morpholine rings is 1. The molecule has 3 aromatic rings. The Morgan fingerprint density at radius 1 is 1.08 bits per heavy atom. The van der Waals surface area contributed by atoms with Crippen molar-refractivity contribution in [2.45, 2.75) is 18.4 Å². The van der Waals surface area contributed by atoms with Gasteiger partial charge >= 0.3 is 0 Å². The Balaban J connectivity index is 1.32. The molecular formula is C25H28N4O6S. The number of sulfonamides is 1. The van der Waals surface area contributed by atoms with Crippen LogP contribution in [-0.4, -0.2) is 67.6 Å². The number of aromatic nitrogens is 2. The summed E-state index contributed by atoms with van der Waals surface area (Å²) in [5, 5.41) is 2.74. The number of rotatable bonds is 9. The zero-order chi connectivity index (χ0) is 25.5. The van der Waals surface area contributed by atoms with E-state index >= 15 is 0 Å². The van der Waals surface area contributed by atoms with Gasteiger partial charge in [0, 0.05) is 43.4 Å². The Morgan fingerprint density at radius 2 is 1.78 bits per heavy atom. The molecule has 1 fully saturated rings. The molecule has 2 aromatic carbocycles. The zero-order valence-electron chi connectivity index (χ0n) is 19.9. The van der Waals surface area contributed by atoms with E-state index in [0.29, 0.717) is 44.2 Å². The maximum Gasteiger partial charge on any atom is 0.253 e. The quantitative estimate of drug-likeness (QED) is 0.464. The van der Waals surface area contributed by atoms with Crippen LogP contribution in [0.4, 0.5) is 0 Å². The highest BCUT2D eigenvalue weighted by Gasteiger charge is 2.26. The highest BCUT2D eigenvalue weighted by Crippen LogP contribution is 2.20. The average molecular weight is 513 g/mol. The molecule has 10 nitrogen and oxygen atoms in total. The van der Waals surface area contributed by atoms with E-state index in [-0.39, 0.29) is 29.5 Å². The van der Waals surface area contributed by atoms with E-state index in [9.17, 15) is 18.0 Å². The van der Waals surface area contributed by atoms with Crippen LogP contribution >= 0.6 is 0 Å². The fraction of sp³-hybridized carbons (Fsp3) is 0.320. The summed E-state index contributed by atoms with van der Waals surface area (Å²) < 4.78 is 38.8. The maximum absolute atomic E-state index is 12.7. The van der Waals surface area contributed by atoms with Gasteiger partial charge in [0.25, 0.3) is 11.5 Å². The molecule has 0 spiro atoms.